The topological polar surface area (TPSA) is 83.0 Å². The molecule has 0 atom stereocenters. The number of para-hydroxylation sites is 1. The number of benzene rings is 2. The van der Waals surface area contributed by atoms with Crippen molar-refractivity contribution < 1.29 is 9.26 Å². The maximum absolute atomic E-state index is 13.3. The third kappa shape index (κ3) is 4.23. The number of hydrogen-bond donors (Lipinski definition) is 0. The van der Waals surface area contributed by atoms with Crippen LogP contribution in [0, 0.1) is 0 Å². The van der Waals surface area contributed by atoms with E-state index in [9.17, 15) is 4.79 Å². The van der Waals surface area contributed by atoms with Gasteiger partial charge in [0.25, 0.3) is 5.56 Å². The lowest BCUT2D eigenvalue weighted by atomic mass is 10.2. The molecule has 0 aliphatic rings. The van der Waals surface area contributed by atoms with E-state index < -0.39 is 0 Å². The first kappa shape index (κ1) is 20.2. The van der Waals surface area contributed by atoms with E-state index in [4.69, 9.17) is 14.2 Å². The van der Waals surface area contributed by atoms with E-state index >= 15 is 0 Å². The van der Waals surface area contributed by atoms with E-state index in [1.165, 1.54) is 11.8 Å². The molecule has 0 N–H and O–H groups in total. The smallest absolute Gasteiger partial charge is 0.266 e. The van der Waals surface area contributed by atoms with Gasteiger partial charge in [-0.1, -0.05) is 48.5 Å². The first-order valence-electron chi connectivity index (χ1n) is 9.80. The Morgan fingerprint density at radius 1 is 1.13 bits per heavy atom. The van der Waals surface area contributed by atoms with Crippen molar-refractivity contribution >= 4 is 22.7 Å². The van der Waals surface area contributed by atoms with Crippen molar-refractivity contribution in [1.82, 2.24) is 19.7 Å². The number of thioether (sulfide) groups is 1. The Bertz CT molecular complexity index is 1220. The number of hydrogen-bond acceptors (Lipinski definition) is 7. The molecule has 2 aromatic carbocycles. The van der Waals surface area contributed by atoms with Gasteiger partial charge in [0.1, 0.15) is 5.75 Å². The van der Waals surface area contributed by atoms with Gasteiger partial charge in [0.15, 0.2) is 11.0 Å². The molecule has 154 valence electrons. The Morgan fingerprint density at radius 2 is 2.00 bits per heavy atom. The maximum atomic E-state index is 13.3. The first-order valence-corrected chi connectivity index (χ1v) is 10.8. The summed E-state index contributed by atoms with van der Waals surface area (Å²) in [6, 6.07) is 14.7. The molecular weight excluding hydrogens is 400 g/mol. The third-order valence-electron chi connectivity index (χ3n) is 4.64. The number of aryl methyl sites for hydroxylation is 1. The highest BCUT2D eigenvalue weighted by molar-refractivity contribution is 7.98. The molecule has 2 heterocycles. The maximum Gasteiger partial charge on any atom is 0.266 e. The van der Waals surface area contributed by atoms with Gasteiger partial charge in [-0.15, -0.1) is 0 Å². The van der Waals surface area contributed by atoms with Crippen LogP contribution in [0.15, 0.2) is 63.0 Å². The molecule has 2 aromatic heterocycles. The lowest BCUT2D eigenvalue weighted by Crippen LogP contribution is -2.21. The van der Waals surface area contributed by atoms with Crippen molar-refractivity contribution in [3.63, 3.8) is 0 Å². The average molecular weight is 423 g/mol. The van der Waals surface area contributed by atoms with Crippen molar-refractivity contribution in [3.8, 4) is 11.4 Å². The molecule has 8 heteroatoms. The molecular formula is C22H22N4O3S. The lowest BCUT2D eigenvalue weighted by Gasteiger charge is -2.13. The summed E-state index contributed by atoms with van der Waals surface area (Å²) < 4.78 is 12.3. The van der Waals surface area contributed by atoms with Crippen molar-refractivity contribution in [3.05, 3.63) is 70.6 Å². The second kappa shape index (κ2) is 9.13. The molecule has 0 amide bonds. The number of ether oxygens (including phenoxy) is 1. The molecule has 7 nitrogen and oxygen atoms in total. The quantitative estimate of drug-likeness (QED) is 0.307. The molecule has 0 fully saturated rings. The van der Waals surface area contributed by atoms with Crippen LogP contribution in [-0.2, 0) is 12.2 Å². The van der Waals surface area contributed by atoms with E-state index in [1.54, 1.807) is 17.7 Å². The molecule has 0 saturated carbocycles. The molecule has 0 unspecified atom stereocenters. The summed E-state index contributed by atoms with van der Waals surface area (Å²) in [5.74, 6) is 2.35. The van der Waals surface area contributed by atoms with Gasteiger partial charge in [-0.2, -0.15) is 4.98 Å². The fourth-order valence-electron chi connectivity index (χ4n) is 3.09. The minimum Gasteiger partial charge on any atom is -0.497 e. The summed E-state index contributed by atoms with van der Waals surface area (Å²) in [6.07, 6.45) is 2.85. The summed E-state index contributed by atoms with van der Waals surface area (Å²) in [4.78, 5) is 22.5. The number of unbranched alkanes of at least 4 members (excludes halogenated alkanes) is 1. The van der Waals surface area contributed by atoms with Gasteiger partial charge in [0.2, 0.25) is 5.89 Å². The lowest BCUT2D eigenvalue weighted by molar-refractivity contribution is 0.371. The Kier molecular flexibility index (Phi) is 6.13. The first-order chi connectivity index (χ1) is 14.7. The van der Waals surface area contributed by atoms with Gasteiger partial charge >= 0.3 is 0 Å². The standard InChI is InChI=1S/C22H22N4O3S/c1-3-4-12-20-24-19(25-29-20)14-30-22-23-18-11-6-5-10-17(18)21(27)26(22)15-8-7-9-16(13-15)28-2/h5-11,13H,3-4,12,14H2,1-2H3. The van der Waals surface area contributed by atoms with E-state index in [1.807, 2.05) is 42.5 Å². The van der Waals surface area contributed by atoms with Crippen LogP contribution >= 0.6 is 11.8 Å². The van der Waals surface area contributed by atoms with E-state index in [-0.39, 0.29) is 5.56 Å². The monoisotopic (exact) mass is 422 g/mol. The molecule has 4 aromatic rings. The molecule has 0 radical (unpaired) electrons. The van der Waals surface area contributed by atoms with Gasteiger partial charge in [-0.25, -0.2) is 4.98 Å². The van der Waals surface area contributed by atoms with Crippen molar-refractivity contribution in [2.75, 3.05) is 7.11 Å². The summed E-state index contributed by atoms with van der Waals surface area (Å²) >= 11 is 1.40. The van der Waals surface area contributed by atoms with Crippen molar-refractivity contribution in [1.29, 1.82) is 0 Å². The summed E-state index contributed by atoms with van der Waals surface area (Å²) in [6.45, 7) is 2.12. The van der Waals surface area contributed by atoms with Crippen LogP contribution in [0.4, 0.5) is 0 Å². The highest BCUT2D eigenvalue weighted by atomic mass is 32.2. The minimum atomic E-state index is -0.131. The molecule has 0 spiro atoms. The van der Waals surface area contributed by atoms with Crippen LogP contribution in [0.3, 0.4) is 0 Å². The van der Waals surface area contributed by atoms with E-state index in [0.29, 0.717) is 45.0 Å². The fraction of sp³-hybridized carbons (Fsp3) is 0.273. The van der Waals surface area contributed by atoms with Gasteiger partial charge in [0, 0.05) is 12.5 Å². The molecule has 0 saturated heterocycles. The highest BCUT2D eigenvalue weighted by Crippen LogP contribution is 2.25. The number of fused-ring (bicyclic) bond motifs is 1. The SMILES string of the molecule is CCCCc1nc(CSc2nc3ccccc3c(=O)n2-c2cccc(OC)c2)no1. The van der Waals surface area contributed by atoms with Crippen LogP contribution in [-0.4, -0.2) is 26.8 Å². The van der Waals surface area contributed by atoms with Crippen LogP contribution in [0.25, 0.3) is 16.6 Å². The number of nitrogens with zero attached hydrogens (tertiary/aromatic N) is 4. The largest absolute Gasteiger partial charge is 0.497 e. The van der Waals surface area contributed by atoms with E-state index in [0.717, 1.165) is 19.3 Å². The summed E-state index contributed by atoms with van der Waals surface area (Å²) in [5.41, 5.74) is 1.21. The predicted molar refractivity (Wildman–Crippen MR) is 116 cm³/mol. The normalized spacial score (nSPS) is 11.1. The van der Waals surface area contributed by atoms with Crippen LogP contribution < -0.4 is 10.3 Å². The fourth-order valence-corrected chi connectivity index (χ4v) is 3.95. The van der Waals surface area contributed by atoms with Gasteiger partial charge in [0.05, 0.1) is 29.5 Å². The van der Waals surface area contributed by atoms with E-state index in [2.05, 4.69) is 17.1 Å². The second-order valence-electron chi connectivity index (χ2n) is 6.75. The van der Waals surface area contributed by atoms with Crippen molar-refractivity contribution in [2.24, 2.45) is 0 Å². The van der Waals surface area contributed by atoms with Crippen LogP contribution in [0.2, 0.25) is 0 Å². The zero-order valence-electron chi connectivity index (χ0n) is 16.9. The Morgan fingerprint density at radius 3 is 2.83 bits per heavy atom. The van der Waals surface area contributed by atoms with Crippen molar-refractivity contribution in [2.45, 2.75) is 37.1 Å². The zero-order chi connectivity index (χ0) is 20.9. The molecule has 0 bridgehead atoms. The Balaban J connectivity index is 1.72. The van der Waals surface area contributed by atoms with Crippen LogP contribution in [0.1, 0.15) is 31.5 Å². The van der Waals surface area contributed by atoms with Gasteiger partial charge < -0.3 is 9.26 Å². The zero-order valence-corrected chi connectivity index (χ0v) is 17.7. The van der Waals surface area contributed by atoms with Crippen LogP contribution in [0.5, 0.6) is 5.75 Å². The van der Waals surface area contributed by atoms with Gasteiger partial charge in [-0.3, -0.25) is 9.36 Å². The number of aromatic nitrogens is 4. The highest BCUT2D eigenvalue weighted by Gasteiger charge is 2.15. The number of rotatable bonds is 8. The summed E-state index contributed by atoms with van der Waals surface area (Å²) in [5, 5.41) is 5.18. The molecule has 0 aliphatic heterocycles. The molecule has 0 aliphatic carbocycles. The minimum absolute atomic E-state index is 0.131. The predicted octanol–water partition coefficient (Wildman–Crippen LogP) is 4.41. The summed E-state index contributed by atoms with van der Waals surface area (Å²) in [7, 11) is 1.60. The average Bonchev–Trinajstić information content (AvgIpc) is 3.24. The molecule has 4 rings (SSSR count). The van der Waals surface area contributed by atoms with Gasteiger partial charge in [-0.05, 0) is 30.7 Å². The number of methoxy groups -OCH3 is 1. The third-order valence-corrected chi connectivity index (χ3v) is 5.58. The Labute approximate surface area is 178 Å². The Hall–Kier alpha value is -3.13. The molecule has 30 heavy (non-hydrogen) atoms. The second-order valence-corrected chi connectivity index (χ2v) is 7.69.